The highest BCUT2D eigenvalue weighted by molar-refractivity contribution is 8.26. The van der Waals surface area contributed by atoms with Crippen molar-refractivity contribution in [2.45, 2.75) is 38.6 Å². The van der Waals surface area contributed by atoms with Crippen molar-refractivity contribution in [2.75, 3.05) is 13.7 Å². The van der Waals surface area contributed by atoms with Gasteiger partial charge in [-0.1, -0.05) is 42.9 Å². The minimum absolute atomic E-state index is 0.0322. The first-order chi connectivity index (χ1) is 11.6. The molecule has 6 heteroatoms. The van der Waals surface area contributed by atoms with Crippen LogP contribution in [-0.2, 0) is 4.79 Å². The van der Waals surface area contributed by atoms with Gasteiger partial charge in [-0.25, -0.2) is 0 Å². The van der Waals surface area contributed by atoms with Crippen LogP contribution in [0.5, 0.6) is 11.5 Å². The number of methoxy groups -OCH3 is 1. The SMILES string of the molecule is CCOc1ccc(C=C2SC(=S)N(C3CCCC3)C2=O)cc1OC. The van der Waals surface area contributed by atoms with Gasteiger partial charge in [-0.3, -0.25) is 9.69 Å². The highest BCUT2D eigenvalue weighted by atomic mass is 32.2. The lowest BCUT2D eigenvalue weighted by molar-refractivity contribution is -0.123. The summed E-state index contributed by atoms with van der Waals surface area (Å²) in [6.07, 6.45) is 6.34. The van der Waals surface area contributed by atoms with Crippen molar-refractivity contribution < 1.29 is 14.3 Å². The molecule has 4 nitrogen and oxygen atoms in total. The molecule has 1 heterocycles. The molecule has 24 heavy (non-hydrogen) atoms. The Morgan fingerprint density at radius 3 is 2.75 bits per heavy atom. The lowest BCUT2D eigenvalue weighted by Crippen LogP contribution is -2.36. The Balaban J connectivity index is 1.83. The van der Waals surface area contributed by atoms with Gasteiger partial charge in [0.25, 0.3) is 5.91 Å². The van der Waals surface area contributed by atoms with Crippen molar-refractivity contribution in [1.82, 2.24) is 4.90 Å². The molecule has 0 N–H and O–H groups in total. The summed E-state index contributed by atoms with van der Waals surface area (Å²) in [4.78, 5) is 15.2. The summed E-state index contributed by atoms with van der Waals surface area (Å²) in [6, 6.07) is 5.95. The van der Waals surface area contributed by atoms with Crippen LogP contribution < -0.4 is 9.47 Å². The van der Waals surface area contributed by atoms with Crippen LogP contribution in [0.4, 0.5) is 0 Å². The third kappa shape index (κ3) is 3.44. The molecule has 1 amide bonds. The molecule has 1 aliphatic heterocycles. The van der Waals surface area contributed by atoms with Crippen molar-refractivity contribution >= 4 is 40.3 Å². The maximum Gasteiger partial charge on any atom is 0.266 e. The summed E-state index contributed by atoms with van der Waals surface area (Å²) in [7, 11) is 1.61. The van der Waals surface area contributed by atoms with Crippen LogP contribution in [0.3, 0.4) is 0 Å². The summed E-state index contributed by atoms with van der Waals surface area (Å²) < 4.78 is 11.6. The normalized spacial score (nSPS) is 20.2. The smallest absolute Gasteiger partial charge is 0.266 e. The van der Waals surface area contributed by atoms with Gasteiger partial charge >= 0.3 is 0 Å². The molecule has 0 aromatic heterocycles. The quantitative estimate of drug-likeness (QED) is 0.578. The fourth-order valence-electron chi connectivity index (χ4n) is 3.16. The van der Waals surface area contributed by atoms with Gasteiger partial charge in [-0.15, -0.1) is 0 Å². The van der Waals surface area contributed by atoms with E-state index in [2.05, 4.69) is 0 Å². The van der Waals surface area contributed by atoms with Gasteiger partial charge in [0, 0.05) is 6.04 Å². The molecule has 2 fully saturated rings. The van der Waals surface area contributed by atoms with E-state index in [4.69, 9.17) is 21.7 Å². The Kier molecular flexibility index (Phi) is 5.46. The Bertz CT molecular complexity index is 681. The molecule has 1 aromatic carbocycles. The van der Waals surface area contributed by atoms with Gasteiger partial charge in [0.05, 0.1) is 18.6 Å². The molecule has 0 unspecified atom stereocenters. The van der Waals surface area contributed by atoms with Crippen LogP contribution in [0.15, 0.2) is 23.1 Å². The maximum atomic E-state index is 12.7. The van der Waals surface area contributed by atoms with E-state index in [-0.39, 0.29) is 11.9 Å². The lowest BCUT2D eigenvalue weighted by atomic mass is 10.1. The maximum absolute atomic E-state index is 12.7. The predicted octanol–water partition coefficient (Wildman–Crippen LogP) is 4.24. The third-order valence-corrected chi connectivity index (χ3v) is 5.63. The largest absolute Gasteiger partial charge is 0.493 e. The molecule has 3 rings (SSSR count). The molecule has 1 aliphatic carbocycles. The minimum Gasteiger partial charge on any atom is -0.493 e. The van der Waals surface area contributed by atoms with Crippen molar-refractivity contribution in [3.8, 4) is 11.5 Å². The third-order valence-electron chi connectivity index (χ3n) is 4.30. The zero-order valence-corrected chi connectivity index (χ0v) is 15.5. The first-order valence-electron chi connectivity index (χ1n) is 8.22. The standard InChI is InChI=1S/C18H21NO3S2/c1-3-22-14-9-8-12(10-15(14)21-2)11-16-17(20)19(18(23)24-16)13-6-4-5-7-13/h8-11,13H,3-7H2,1-2H3. The number of nitrogens with zero attached hydrogens (tertiary/aromatic N) is 1. The number of carbonyl (C=O) groups is 1. The Morgan fingerprint density at radius 2 is 2.08 bits per heavy atom. The molecule has 128 valence electrons. The van der Waals surface area contributed by atoms with Crippen LogP contribution in [0.2, 0.25) is 0 Å². The van der Waals surface area contributed by atoms with Crippen LogP contribution in [0, 0.1) is 0 Å². The Hall–Kier alpha value is -1.53. The van der Waals surface area contributed by atoms with Crippen LogP contribution in [-0.4, -0.2) is 34.9 Å². The highest BCUT2D eigenvalue weighted by Gasteiger charge is 2.38. The second kappa shape index (κ2) is 7.57. The van der Waals surface area contributed by atoms with Gasteiger partial charge in [0.1, 0.15) is 4.32 Å². The van der Waals surface area contributed by atoms with E-state index in [1.165, 1.54) is 24.6 Å². The first kappa shape index (κ1) is 17.3. The van der Waals surface area contributed by atoms with Gasteiger partial charge < -0.3 is 9.47 Å². The summed E-state index contributed by atoms with van der Waals surface area (Å²) in [6.45, 7) is 2.51. The number of amides is 1. The molecule has 0 atom stereocenters. The second-order valence-electron chi connectivity index (χ2n) is 5.83. The van der Waals surface area contributed by atoms with E-state index in [9.17, 15) is 4.79 Å². The van der Waals surface area contributed by atoms with E-state index in [0.29, 0.717) is 27.3 Å². The van der Waals surface area contributed by atoms with Gasteiger partial charge in [-0.2, -0.15) is 0 Å². The van der Waals surface area contributed by atoms with Crippen molar-refractivity contribution in [1.29, 1.82) is 0 Å². The zero-order valence-electron chi connectivity index (χ0n) is 13.9. The fourth-order valence-corrected chi connectivity index (χ4v) is 4.56. The number of thiocarbonyl (C=S) groups is 1. The van der Waals surface area contributed by atoms with Gasteiger partial charge in [-0.05, 0) is 43.5 Å². The van der Waals surface area contributed by atoms with E-state index in [1.54, 1.807) is 7.11 Å². The number of rotatable bonds is 5. The average Bonchev–Trinajstić information content (AvgIpc) is 3.18. The molecule has 1 aromatic rings. The molecule has 1 saturated heterocycles. The van der Waals surface area contributed by atoms with Crippen molar-refractivity contribution in [2.24, 2.45) is 0 Å². The predicted molar refractivity (Wildman–Crippen MR) is 101 cm³/mol. The lowest BCUT2D eigenvalue weighted by Gasteiger charge is -2.21. The van der Waals surface area contributed by atoms with Crippen molar-refractivity contribution in [3.05, 3.63) is 28.7 Å². The number of hydrogen-bond acceptors (Lipinski definition) is 5. The average molecular weight is 364 g/mol. The Labute approximate surface area is 152 Å². The van der Waals surface area contributed by atoms with Crippen LogP contribution in [0.25, 0.3) is 6.08 Å². The molecular weight excluding hydrogens is 342 g/mol. The Morgan fingerprint density at radius 1 is 1.33 bits per heavy atom. The number of ether oxygens (including phenoxy) is 2. The molecule has 2 aliphatic rings. The topological polar surface area (TPSA) is 38.8 Å². The molecule has 0 spiro atoms. The first-order valence-corrected chi connectivity index (χ1v) is 9.44. The summed E-state index contributed by atoms with van der Waals surface area (Å²) in [5, 5.41) is 0. The summed E-state index contributed by atoms with van der Waals surface area (Å²) in [5.74, 6) is 1.40. The number of thioether (sulfide) groups is 1. The fraction of sp³-hybridized carbons (Fsp3) is 0.444. The van der Waals surface area contributed by atoms with Gasteiger partial charge in [0.2, 0.25) is 0 Å². The van der Waals surface area contributed by atoms with Crippen LogP contribution >= 0.6 is 24.0 Å². The van der Waals surface area contributed by atoms with Gasteiger partial charge in [0.15, 0.2) is 11.5 Å². The van der Waals surface area contributed by atoms with E-state index < -0.39 is 0 Å². The minimum atomic E-state index is 0.0322. The zero-order chi connectivity index (χ0) is 17.1. The number of carbonyl (C=O) groups excluding carboxylic acids is 1. The second-order valence-corrected chi connectivity index (χ2v) is 7.51. The molecule has 0 radical (unpaired) electrons. The van der Waals surface area contributed by atoms with E-state index >= 15 is 0 Å². The summed E-state index contributed by atoms with van der Waals surface area (Å²) in [5.41, 5.74) is 0.905. The highest BCUT2D eigenvalue weighted by Crippen LogP contribution is 2.38. The van der Waals surface area contributed by atoms with Crippen molar-refractivity contribution in [3.63, 3.8) is 0 Å². The molecule has 1 saturated carbocycles. The summed E-state index contributed by atoms with van der Waals surface area (Å²) >= 11 is 6.82. The number of hydrogen-bond donors (Lipinski definition) is 0. The van der Waals surface area contributed by atoms with Crippen LogP contribution in [0.1, 0.15) is 38.2 Å². The molecular formula is C18H21NO3S2. The monoisotopic (exact) mass is 363 g/mol. The number of benzene rings is 1. The van der Waals surface area contributed by atoms with E-state index in [1.807, 2.05) is 36.1 Å². The van der Waals surface area contributed by atoms with E-state index in [0.717, 1.165) is 18.4 Å². The molecule has 0 bridgehead atoms.